The van der Waals surface area contributed by atoms with Crippen LogP contribution in [0.25, 0.3) is 0 Å². The largest absolute Gasteiger partial charge is 0.491 e. The summed E-state index contributed by atoms with van der Waals surface area (Å²) in [4.78, 5) is 6.97. The van der Waals surface area contributed by atoms with E-state index in [1.807, 2.05) is 6.20 Å². The first-order valence-electron chi connectivity index (χ1n) is 6.45. The average Bonchev–Trinajstić information content (AvgIpc) is 2.85. The van der Waals surface area contributed by atoms with Crippen LogP contribution in [0.15, 0.2) is 12.3 Å². The molecule has 0 spiro atoms. The molecule has 1 N–H and O–H groups in total. The molecule has 0 bridgehead atoms. The maximum atomic E-state index is 5.47. The van der Waals surface area contributed by atoms with Crippen molar-refractivity contribution in [3.8, 4) is 5.75 Å². The Hall–Kier alpha value is -1.13. The number of rotatable bonds is 3. The van der Waals surface area contributed by atoms with E-state index in [0.717, 1.165) is 57.9 Å². The SMILES string of the molecule is c1c(CCN2CCNCC2)ncc2c1CCO2. The molecule has 0 aliphatic carbocycles. The first-order valence-corrected chi connectivity index (χ1v) is 6.45. The first-order chi connectivity index (χ1) is 8.42. The molecular weight excluding hydrogens is 214 g/mol. The van der Waals surface area contributed by atoms with Gasteiger partial charge in [0.2, 0.25) is 0 Å². The van der Waals surface area contributed by atoms with E-state index in [4.69, 9.17) is 4.74 Å². The van der Waals surface area contributed by atoms with Crippen LogP contribution in [0.1, 0.15) is 11.3 Å². The molecule has 2 aliphatic rings. The second kappa shape index (κ2) is 5.02. The quantitative estimate of drug-likeness (QED) is 0.823. The van der Waals surface area contributed by atoms with Crippen LogP contribution in [0, 0.1) is 0 Å². The number of aromatic nitrogens is 1. The highest BCUT2D eigenvalue weighted by Crippen LogP contribution is 2.24. The van der Waals surface area contributed by atoms with Gasteiger partial charge in [0.15, 0.2) is 0 Å². The van der Waals surface area contributed by atoms with Gasteiger partial charge >= 0.3 is 0 Å². The summed E-state index contributed by atoms with van der Waals surface area (Å²) in [6, 6.07) is 2.21. The minimum atomic E-state index is 0.818. The molecule has 3 rings (SSSR count). The van der Waals surface area contributed by atoms with Crippen molar-refractivity contribution in [1.29, 1.82) is 0 Å². The van der Waals surface area contributed by atoms with Crippen LogP contribution in [-0.2, 0) is 12.8 Å². The van der Waals surface area contributed by atoms with Gasteiger partial charge in [0.1, 0.15) is 5.75 Å². The predicted molar refractivity (Wildman–Crippen MR) is 66.4 cm³/mol. The zero-order valence-corrected chi connectivity index (χ0v) is 10.1. The first kappa shape index (κ1) is 11.0. The molecule has 0 radical (unpaired) electrons. The molecule has 4 nitrogen and oxygen atoms in total. The Bertz CT molecular complexity index is 388. The molecule has 1 saturated heterocycles. The smallest absolute Gasteiger partial charge is 0.140 e. The number of ether oxygens (including phenoxy) is 1. The van der Waals surface area contributed by atoms with Gasteiger partial charge in [-0.1, -0.05) is 0 Å². The van der Waals surface area contributed by atoms with Crippen LogP contribution >= 0.6 is 0 Å². The Morgan fingerprint density at radius 2 is 2.24 bits per heavy atom. The molecule has 0 atom stereocenters. The van der Waals surface area contributed by atoms with Crippen LogP contribution in [0.5, 0.6) is 5.75 Å². The van der Waals surface area contributed by atoms with E-state index in [1.165, 1.54) is 11.3 Å². The van der Waals surface area contributed by atoms with E-state index < -0.39 is 0 Å². The highest BCUT2D eigenvalue weighted by Gasteiger charge is 2.14. The highest BCUT2D eigenvalue weighted by molar-refractivity contribution is 5.35. The molecule has 4 heteroatoms. The summed E-state index contributed by atoms with van der Waals surface area (Å²) in [5.74, 6) is 0.982. The molecular formula is C13H19N3O. The zero-order chi connectivity index (χ0) is 11.5. The van der Waals surface area contributed by atoms with Crippen LogP contribution in [0.2, 0.25) is 0 Å². The number of nitrogens with one attached hydrogen (secondary N) is 1. The van der Waals surface area contributed by atoms with Crippen LogP contribution < -0.4 is 10.1 Å². The van der Waals surface area contributed by atoms with Gasteiger partial charge in [0.05, 0.1) is 12.8 Å². The molecule has 3 heterocycles. The minimum absolute atomic E-state index is 0.818. The lowest BCUT2D eigenvalue weighted by Crippen LogP contribution is -2.44. The number of hydrogen-bond acceptors (Lipinski definition) is 4. The van der Waals surface area contributed by atoms with Gasteiger partial charge < -0.3 is 15.0 Å². The van der Waals surface area contributed by atoms with Crippen LogP contribution in [-0.4, -0.2) is 49.2 Å². The molecule has 0 saturated carbocycles. The van der Waals surface area contributed by atoms with E-state index in [1.54, 1.807) is 0 Å². The summed E-state index contributed by atoms with van der Waals surface area (Å²) in [5, 5.41) is 3.37. The minimum Gasteiger partial charge on any atom is -0.491 e. The van der Waals surface area contributed by atoms with Crippen molar-refractivity contribution < 1.29 is 4.74 Å². The topological polar surface area (TPSA) is 37.4 Å². The summed E-state index contributed by atoms with van der Waals surface area (Å²) < 4.78 is 5.47. The number of pyridine rings is 1. The molecule has 2 aliphatic heterocycles. The summed E-state index contributed by atoms with van der Waals surface area (Å²) in [6.45, 7) is 6.49. The Kier molecular flexibility index (Phi) is 3.25. The van der Waals surface area contributed by atoms with Gasteiger partial charge in [0, 0.05) is 56.8 Å². The lowest BCUT2D eigenvalue weighted by atomic mass is 10.1. The monoisotopic (exact) mass is 233 g/mol. The third-order valence-corrected chi connectivity index (χ3v) is 3.53. The number of fused-ring (bicyclic) bond motifs is 1. The number of hydrogen-bond donors (Lipinski definition) is 1. The van der Waals surface area contributed by atoms with E-state index >= 15 is 0 Å². The Labute approximate surface area is 102 Å². The second-order valence-corrected chi connectivity index (χ2v) is 4.72. The van der Waals surface area contributed by atoms with Gasteiger partial charge in [-0.2, -0.15) is 0 Å². The summed E-state index contributed by atoms with van der Waals surface area (Å²) >= 11 is 0. The van der Waals surface area contributed by atoms with Gasteiger partial charge in [0.25, 0.3) is 0 Å². The van der Waals surface area contributed by atoms with E-state index in [0.29, 0.717) is 0 Å². The average molecular weight is 233 g/mol. The third kappa shape index (κ3) is 2.58. The van der Waals surface area contributed by atoms with Gasteiger partial charge in [-0.25, -0.2) is 0 Å². The molecule has 92 valence electrons. The van der Waals surface area contributed by atoms with Crippen LogP contribution in [0.4, 0.5) is 0 Å². The van der Waals surface area contributed by atoms with Crippen molar-refractivity contribution in [1.82, 2.24) is 15.2 Å². The molecule has 0 aromatic carbocycles. The van der Waals surface area contributed by atoms with E-state index in [2.05, 4.69) is 21.3 Å². The molecule has 17 heavy (non-hydrogen) atoms. The fraction of sp³-hybridized carbons (Fsp3) is 0.615. The van der Waals surface area contributed by atoms with Gasteiger partial charge in [-0.3, -0.25) is 4.98 Å². The molecule has 1 aromatic rings. The lowest BCUT2D eigenvalue weighted by Gasteiger charge is -2.26. The van der Waals surface area contributed by atoms with Crippen LogP contribution in [0.3, 0.4) is 0 Å². The summed E-state index contributed by atoms with van der Waals surface area (Å²) in [5.41, 5.74) is 2.53. The fourth-order valence-corrected chi connectivity index (χ4v) is 2.47. The van der Waals surface area contributed by atoms with Crippen molar-refractivity contribution >= 4 is 0 Å². The number of piperazine rings is 1. The second-order valence-electron chi connectivity index (χ2n) is 4.72. The normalized spacial score (nSPS) is 20.0. The van der Waals surface area contributed by atoms with E-state index in [9.17, 15) is 0 Å². The molecule has 0 amide bonds. The highest BCUT2D eigenvalue weighted by atomic mass is 16.5. The van der Waals surface area contributed by atoms with Gasteiger partial charge in [-0.05, 0) is 6.07 Å². The Morgan fingerprint density at radius 1 is 1.35 bits per heavy atom. The maximum Gasteiger partial charge on any atom is 0.140 e. The molecule has 1 aromatic heterocycles. The van der Waals surface area contributed by atoms with Crippen molar-refractivity contribution in [3.05, 3.63) is 23.5 Å². The zero-order valence-electron chi connectivity index (χ0n) is 10.1. The van der Waals surface area contributed by atoms with Crippen molar-refractivity contribution in [3.63, 3.8) is 0 Å². The van der Waals surface area contributed by atoms with Gasteiger partial charge in [-0.15, -0.1) is 0 Å². The molecule has 0 unspecified atom stereocenters. The lowest BCUT2D eigenvalue weighted by molar-refractivity contribution is 0.243. The van der Waals surface area contributed by atoms with Crippen molar-refractivity contribution in [2.45, 2.75) is 12.8 Å². The Balaban J connectivity index is 1.57. The standard InChI is InChI=1S/C13H19N3O/c1(5-16-6-3-14-4-7-16)12-9-11-2-8-17-13(11)10-15-12/h9-10,14H,1-8H2. The maximum absolute atomic E-state index is 5.47. The van der Waals surface area contributed by atoms with Crippen molar-refractivity contribution in [2.75, 3.05) is 39.3 Å². The third-order valence-electron chi connectivity index (χ3n) is 3.53. The van der Waals surface area contributed by atoms with E-state index in [-0.39, 0.29) is 0 Å². The fourth-order valence-electron chi connectivity index (χ4n) is 2.47. The molecule has 1 fully saturated rings. The Morgan fingerprint density at radius 3 is 3.12 bits per heavy atom. The number of nitrogens with zero attached hydrogens (tertiary/aromatic N) is 2. The summed E-state index contributed by atoms with van der Waals surface area (Å²) in [7, 11) is 0. The predicted octanol–water partition coefficient (Wildman–Crippen LogP) is 0.464. The summed E-state index contributed by atoms with van der Waals surface area (Å²) in [6.07, 6.45) is 3.97. The van der Waals surface area contributed by atoms with Crippen molar-refractivity contribution in [2.24, 2.45) is 0 Å².